The van der Waals surface area contributed by atoms with Crippen molar-refractivity contribution in [1.82, 2.24) is 19.7 Å². The lowest BCUT2D eigenvalue weighted by Gasteiger charge is -2.01. The van der Waals surface area contributed by atoms with Gasteiger partial charge in [-0.05, 0) is 24.6 Å². The lowest BCUT2D eigenvalue weighted by atomic mass is 10.2. The van der Waals surface area contributed by atoms with E-state index in [2.05, 4.69) is 15.1 Å². The molecule has 2 aromatic heterocycles. The number of aromatic amines is 1. The van der Waals surface area contributed by atoms with Gasteiger partial charge < -0.3 is 10.1 Å². The number of carboxylic acid groups (broad SMARTS) is 1. The molecule has 0 aliphatic carbocycles. The van der Waals surface area contributed by atoms with Crippen molar-refractivity contribution in [3.05, 3.63) is 41.2 Å². The number of hydrogen-bond acceptors (Lipinski definition) is 4. The SMILES string of the molecule is Cc1ccc2nc(SCc3c(C(=O)O)cnn3C)[nH]c2c1. The zero-order valence-corrected chi connectivity index (χ0v) is 12.4. The highest BCUT2D eigenvalue weighted by molar-refractivity contribution is 7.98. The number of nitrogens with zero attached hydrogens (tertiary/aromatic N) is 3. The zero-order chi connectivity index (χ0) is 15.0. The summed E-state index contributed by atoms with van der Waals surface area (Å²) in [7, 11) is 1.74. The molecule has 0 atom stereocenters. The number of carboxylic acids is 1. The molecule has 0 amide bonds. The maximum absolute atomic E-state index is 11.1. The van der Waals surface area contributed by atoms with Crippen LogP contribution >= 0.6 is 11.8 Å². The Kier molecular flexibility index (Phi) is 3.42. The van der Waals surface area contributed by atoms with Gasteiger partial charge in [0.1, 0.15) is 5.56 Å². The number of nitrogens with one attached hydrogen (secondary N) is 1. The fraction of sp³-hybridized carbons (Fsp3) is 0.214. The van der Waals surface area contributed by atoms with Crippen LogP contribution in [0.15, 0.2) is 29.6 Å². The largest absolute Gasteiger partial charge is 0.478 e. The minimum atomic E-state index is -0.959. The maximum Gasteiger partial charge on any atom is 0.339 e. The minimum absolute atomic E-state index is 0.233. The number of carbonyl (C=O) groups is 1. The normalized spacial score (nSPS) is 11.1. The van der Waals surface area contributed by atoms with Gasteiger partial charge in [-0.1, -0.05) is 17.8 Å². The molecular formula is C14H14N4O2S. The summed E-state index contributed by atoms with van der Waals surface area (Å²) in [5, 5.41) is 13.9. The van der Waals surface area contributed by atoms with Gasteiger partial charge in [-0.15, -0.1) is 0 Å². The van der Waals surface area contributed by atoms with Gasteiger partial charge in [0.25, 0.3) is 0 Å². The van der Waals surface area contributed by atoms with Gasteiger partial charge in [0, 0.05) is 12.8 Å². The predicted octanol–water partition coefficient (Wildman–Crippen LogP) is 2.60. The van der Waals surface area contributed by atoms with E-state index in [1.165, 1.54) is 23.5 Å². The minimum Gasteiger partial charge on any atom is -0.478 e. The summed E-state index contributed by atoms with van der Waals surface area (Å²) in [5.41, 5.74) is 3.97. The smallest absolute Gasteiger partial charge is 0.339 e. The Bertz CT molecular complexity index is 822. The first-order valence-corrected chi connectivity index (χ1v) is 7.36. The number of benzene rings is 1. The lowest BCUT2D eigenvalue weighted by molar-refractivity contribution is 0.0696. The Labute approximate surface area is 125 Å². The van der Waals surface area contributed by atoms with Gasteiger partial charge in [-0.3, -0.25) is 4.68 Å². The third kappa shape index (κ3) is 2.64. The first-order chi connectivity index (χ1) is 10.0. The summed E-state index contributed by atoms with van der Waals surface area (Å²) in [5.74, 6) is -0.462. The predicted molar refractivity (Wildman–Crippen MR) is 80.6 cm³/mol. The van der Waals surface area contributed by atoms with Crippen LogP contribution in [0.25, 0.3) is 11.0 Å². The second-order valence-corrected chi connectivity index (χ2v) is 5.75. The van der Waals surface area contributed by atoms with Crippen molar-refractivity contribution in [2.24, 2.45) is 7.05 Å². The molecule has 6 nitrogen and oxygen atoms in total. The Morgan fingerprint density at radius 3 is 3.05 bits per heavy atom. The topological polar surface area (TPSA) is 83.8 Å². The Hall–Kier alpha value is -2.28. The molecule has 0 aliphatic heterocycles. The molecule has 7 heteroatoms. The van der Waals surface area contributed by atoms with Crippen LogP contribution in [0.5, 0.6) is 0 Å². The quantitative estimate of drug-likeness (QED) is 0.724. The molecule has 0 radical (unpaired) electrons. The van der Waals surface area contributed by atoms with Gasteiger partial charge in [0.2, 0.25) is 0 Å². The summed E-state index contributed by atoms with van der Waals surface area (Å²) in [6, 6.07) is 6.03. The number of aromatic carboxylic acids is 1. The molecule has 0 spiro atoms. The first-order valence-electron chi connectivity index (χ1n) is 6.38. The van der Waals surface area contributed by atoms with Crippen molar-refractivity contribution in [1.29, 1.82) is 0 Å². The molecule has 0 saturated carbocycles. The van der Waals surface area contributed by atoms with Crippen LogP contribution in [-0.4, -0.2) is 30.8 Å². The summed E-state index contributed by atoms with van der Waals surface area (Å²) in [6.07, 6.45) is 1.38. The van der Waals surface area contributed by atoms with E-state index in [9.17, 15) is 4.79 Å². The molecule has 108 valence electrons. The third-order valence-electron chi connectivity index (χ3n) is 3.25. The van der Waals surface area contributed by atoms with Gasteiger partial charge in [-0.2, -0.15) is 5.10 Å². The van der Waals surface area contributed by atoms with E-state index in [0.29, 0.717) is 11.4 Å². The molecular weight excluding hydrogens is 288 g/mol. The van der Waals surface area contributed by atoms with Crippen molar-refractivity contribution in [3.63, 3.8) is 0 Å². The summed E-state index contributed by atoms with van der Waals surface area (Å²) < 4.78 is 1.59. The number of rotatable bonds is 4. The monoisotopic (exact) mass is 302 g/mol. The van der Waals surface area contributed by atoms with Crippen molar-refractivity contribution in [2.75, 3.05) is 0 Å². The summed E-state index contributed by atoms with van der Waals surface area (Å²) >= 11 is 1.46. The van der Waals surface area contributed by atoms with Crippen molar-refractivity contribution in [2.45, 2.75) is 17.8 Å². The number of H-pyrrole nitrogens is 1. The molecule has 0 bridgehead atoms. The third-order valence-corrected chi connectivity index (χ3v) is 4.14. The van der Waals surface area contributed by atoms with Crippen LogP contribution in [-0.2, 0) is 12.8 Å². The van der Waals surface area contributed by atoms with Crippen LogP contribution < -0.4 is 0 Å². The molecule has 1 aromatic carbocycles. The van der Waals surface area contributed by atoms with E-state index in [4.69, 9.17) is 5.11 Å². The second kappa shape index (κ2) is 5.25. The van der Waals surface area contributed by atoms with Crippen molar-refractivity contribution in [3.8, 4) is 0 Å². The highest BCUT2D eigenvalue weighted by atomic mass is 32.2. The first kappa shape index (κ1) is 13.7. The molecule has 0 fully saturated rings. The average Bonchev–Trinajstić information content (AvgIpc) is 2.99. The fourth-order valence-electron chi connectivity index (χ4n) is 2.12. The average molecular weight is 302 g/mol. The van der Waals surface area contributed by atoms with Crippen LogP contribution in [0.3, 0.4) is 0 Å². The highest BCUT2D eigenvalue weighted by Crippen LogP contribution is 2.24. The molecule has 3 rings (SSSR count). The zero-order valence-electron chi connectivity index (χ0n) is 11.6. The fourth-order valence-corrected chi connectivity index (χ4v) is 3.08. The van der Waals surface area contributed by atoms with Crippen LogP contribution in [0, 0.1) is 6.92 Å². The Morgan fingerprint density at radius 1 is 1.48 bits per heavy atom. The second-order valence-electron chi connectivity index (χ2n) is 4.78. The van der Waals surface area contributed by atoms with Gasteiger partial charge in [-0.25, -0.2) is 9.78 Å². The Morgan fingerprint density at radius 2 is 2.29 bits per heavy atom. The molecule has 3 aromatic rings. The van der Waals surface area contributed by atoms with Crippen LogP contribution in [0.2, 0.25) is 0 Å². The number of aryl methyl sites for hydroxylation is 2. The van der Waals surface area contributed by atoms with Gasteiger partial charge >= 0.3 is 5.97 Å². The van der Waals surface area contributed by atoms with Gasteiger partial charge in [0.15, 0.2) is 5.16 Å². The van der Waals surface area contributed by atoms with Crippen molar-refractivity contribution < 1.29 is 9.90 Å². The molecule has 0 aliphatic rings. The van der Waals surface area contributed by atoms with E-state index in [-0.39, 0.29) is 5.56 Å². The number of hydrogen-bond donors (Lipinski definition) is 2. The molecule has 0 saturated heterocycles. The summed E-state index contributed by atoms with van der Waals surface area (Å²) in [4.78, 5) is 18.9. The van der Waals surface area contributed by atoms with Crippen LogP contribution in [0.1, 0.15) is 21.6 Å². The molecule has 21 heavy (non-hydrogen) atoms. The van der Waals surface area contributed by atoms with Crippen molar-refractivity contribution >= 4 is 28.8 Å². The van der Waals surface area contributed by atoms with E-state index < -0.39 is 5.97 Å². The standard InChI is InChI=1S/C14H14N4O2S/c1-8-3-4-10-11(5-8)17-14(16-10)21-7-12-9(13(19)20)6-15-18(12)2/h3-6H,7H2,1-2H3,(H,16,17)(H,19,20). The van der Waals surface area contributed by atoms with E-state index >= 15 is 0 Å². The number of thioether (sulfide) groups is 1. The molecule has 0 unspecified atom stereocenters. The lowest BCUT2D eigenvalue weighted by Crippen LogP contribution is -2.03. The number of aromatic nitrogens is 4. The maximum atomic E-state index is 11.1. The van der Waals surface area contributed by atoms with E-state index in [1.807, 2.05) is 25.1 Å². The number of fused-ring (bicyclic) bond motifs is 1. The van der Waals surface area contributed by atoms with Crippen LogP contribution in [0.4, 0.5) is 0 Å². The molecule has 2 N–H and O–H groups in total. The van der Waals surface area contributed by atoms with Gasteiger partial charge in [0.05, 0.1) is 22.9 Å². The van der Waals surface area contributed by atoms with E-state index in [1.54, 1.807) is 11.7 Å². The molecule has 2 heterocycles. The summed E-state index contributed by atoms with van der Waals surface area (Å²) in [6.45, 7) is 2.03. The Balaban J connectivity index is 1.83. The highest BCUT2D eigenvalue weighted by Gasteiger charge is 2.15. The number of imidazole rings is 1. The van der Waals surface area contributed by atoms with E-state index in [0.717, 1.165) is 16.2 Å².